The quantitative estimate of drug-likeness (QED) is 0.0579. The van der Waals surface area contributed by atoms with Crippen LogP contribution in [0.3, 0.4) is 0 Å². The summed E-state index contributed by atoms with van der Waals surface area (Å²) in [6, 6.07) is 24.1. The van der Waals surface area contributed by atoms with Crippen molar-refractivity contribution in [2.45, 2.75) is 53.2 Å². The minimum Gasteiger partial charge on any atom is -0.485 e. The molecule has 1 saturated heterocycles. The smallest absolute Gasteiger partial charge is 0.325 e. The molecule has 1 amide bonds. The Balaban J connectivity index is 1.39. The molecule has 4 N–H and O–H groups in total. The molecule has 0 atom stereocenters. The summed E-state index contributed by atoms with van der Waals surface area (Å²) in [6.07, 6.45) is 2.53. The predicted octanol–water partition coefficient (Wildman–Crippen LogP) is 6.74. The zero-order valence-corrected chi connectivity index (χ0v) is 28.8. The van der Waals surface area contributed by atoms with Crippen LogP contribution >= 0.6 is 0 Å². The Labute approximate surface area is 289 Å². The van der Waals surface area contributed by atoms with Gasteiger partial charge in [-0.15, -0.1) is 0 Å². The van der Waals surface area contributed by atoms with Gasteiger partial charge in [0.05, 0.1) is 18.9 Å². The molecule has 0 spiro atoms. The number of rotatable bonds is 16. The van der Waals surface area contributed by atoms with Crippen LogP contribution in [0.25, 0.3) is 16.7 Å². The van der Waals surface area contributed by atoms with E-state index in [9.17, 15) is 14.7 Å². The number of carbonyl (C=O) groups is 2. The topological polar surface area (TPSA) is 124 Å². The van der Waals surface area contributed by atoms with E-state index in [1.807, 2.05) is 49.4 Å². The van der Waals surface area contributed by atoms with E-state index in [4.69, 9.17) is 14.9 Å². The lowest BCUT2D eigenvalue weighted by atomic mass is 9.91. The number of esters is 1. The lowest BCUT2D eigenvalue weighted by Gasteiger charge is -2.34. The lowest BCUT2D eigenvalue weighted by molar-refractivity contribution is -0.143. The fourth-order valence-electron chi connectivity index (χ4n) is 5.89. The second-order valence-corrected chi connectivity index (χ2v) is 12.3. The van der Waals surface area contributed by atoms with Crippen LogP contribution in [0.1, 0.15) is 56.7 Å². The van der Waals surface area contributed by atoms with Crippen molar-refractivity contribution in [3.63, 3.8) is 0 Å². The largest absolute Gasteiger partial charge is 0.485 e. The maximum atomic E-state index is 13.3. The maximum Gasteiger partial charge on any atom is 0.325 e. The van der Waals surface area contributed by atoms with Gasteiger partial charge >= 0.3 is 5.97 Å². The number of ether oxygens (including phenoxy) is 2. The van der Waals surface area contributed by atoms with Crippen molar-refractivity contribution < 1.29 is 24.2 Å². The number of nitrogens with one attached hydrogen (secondary N) is 3. The summed E-state index contributed by atoms with van der Waals surface area (Å²) in [4.78, 5) is 27.7. The van der Waals surface area contributed by atoms with Crippen molar-refractivity contribution in [1.82, 2.24) is 10.6 Å². The number of piperidine rings is 1. The summed E-state index contributed by atoms with van der Waals surface area (Å²) in [5.74, 6) is -0.700. The highest BCUT2D eigenvalue weighted by Crippen LogP contribution is 2.31. The molecule has 0 unspecified atom stereocenters. The number of benzene rings is 3. The molecule has 3 aromatic rings. The molecule has 0 bridgehead atoms. The first-order valence-corrected chi connectivity index (χ1v) is 16.7. The van der Waals surface area contributed by atoms with Crippen molar-refractivity contribution in [2.75, 3.05) is 31.1 Å². The molecule has 0 radical (unpaired) electrons. The second-order valence-electron chi connectivity index (χ2n) is 12.3. The summed E-state index contributed by atoms with van der Waals surface area (Å²) in [5.41, 5.74) is 7.76. The number of anilines is 1. The van der Waals surface area contributed by atoms with E-state index in [0.29, 0.717) is 18.0 Å². The van der Waals surface area contributed by atoms with Gasteiger partial charge in [0, 0.05) is 24.5 Å². The zero-order chi connectivity index (χ0) is 35.3. The van der Waals surface area contributed by atoms with E-state index in [-0.39, 0.29) is 43.5 Å². The van der Waals surface area contributed by atoms with E-state index < -0.39 is 11.9 Å². The second kappa shape index (κ2) is 17.8. The zero-order valence-electron chi connectivity index (χ0n) is 28.8. The van der Waals surface area contributed by atoms with Gasteiger partial charge in [0.15, 0.2) is 5.76 Å². The number of hydrogen-bond donors (Lipinski definition) is 4. The molecule has 0 aromatic heterocycles. The van der Waals surface area contributed by atoms with Crippen LogP contribution in [0.2, 0.25) is 0 Å². The molecule has 9 nitrogen and oxygen atoms in total. The lowest BCUT2D eigenvalue weighted by Crippen LogP contribution is -2.38. The molecule has 9 heteroatoms. The molecule has 0 aliphatic carbocycles. The number of hydrogen-bond acceptors (Lipinski definition) is 8. The number of carbonyl (C=O) groups excluding carboxylic acids is 2. The molecule has 258 valence electrons. The van der Waals surface area contributed by atoms with Crippen LogP contribution in [0.4, 0.5) is 5.69 Å². The first kappa shape index (κ1) is 36.7. The van der Waals surface area contributed by atoms with Crippen LogP contribution in [0.15, 0.2) is 103 Å². The number of allylic oxidation sites excluding steroid dienone is 3. The summed E-state index contributed by atoms with van der Waals surface area (Å²) < 4.78 is 11.0. The van der Waals surface area contributed by atoms with Gasteiger partial charge in [-0.1, -0.05) is 73.3 Å². The summed E-state index contributed by atoms with van der Waals surface area (Å²) >= 11 is 0. The molecular weight excluding hydrogens is 616 g/mol. The van der Waals surface area contributed by atoms with Gasteiger partial charge in [0.25, 0.3) is 5.91 Å². The average molecular weight is 665 g/mol. The summed E-state index contributed by atoms with van der Waals surface area (Å²) in [7, 11) is 0. The highest BCUT2D eigenvalue weighted by Gasteiger charge is 2.24. The monoisotopic (exact) mass is 664 g/mol. The van der Waals surface area contributed by atoms with Gasteiger partial charge in [-0.3, -0.25) is 9.59 Å². The third kappa shape index (κ3) is 10.4. The molecule has 49 heavy (non-hydrogen) atoms. The van der Waals surface area contributed by atoms with E-state index in [1.165, 1.54) is 0 Å². The molecule has 3 aromatic carbocycles. The van der Waals surface area contributed by atoms with Crippen molar-refractivity contribution in [1.29, 1.82) is 5.41 Å². The first-order valence-electron chi connectivity index (χ1n) is 16.7. The Morgan fingerprint density at radius 3 is 2.24 bits per heavy atom. The summed E-state index contributed by atoms with van der Waals surface area (Å²) in [6.45, 7) is 15.3. The Bertz CT molecular complexity index is 1670. The number of aliphatic hydroxyl groups excluding tert-OH is 1. The third-order valence-electron chi connectivity index (χ3n) is 8.48. The fraction of sp³-hybridized carbons (Fsp3) is 0.325. The average Bonchev–Trinajstić information content (AvgIpc) is 3.10. The van der Waals surface area contributed by atoms with Gasteiger partial charge in [-0.25, -0.2) is 0 Å². The molecule has 1 aliphatic heterocycles. The SMILES string of the molecule is C=C(CC1CCN(c2ccc(-c3ccc(CO)c(C(=C)C)c3)cc2)CC1)NC(C(=O)NCC(=O)OCC)=C(OCc1ccccc1)C(C)=N. The van der Waals surface area contributed by atoms with Gasteiger partial charge in [-0.05, 0) is 92.0 Å². The molecule has 1 aliphatic rings. The molecule has 0 saturated carbocycles. The number of amides is 1. The van der Waals surface area contributed by atoms with Crippen molar-refractivity contribution in [3.05, 3.63) is 120 Å². The number of nitrogens with zero attached hydrogens (tertiary/aromatic N) is 1. The Morgan fingerprint density at radius 2 is 1.63 bits per heavy atom. The minimum atomic E-state index is -0.581. The summed E-state index contributed by atoms with van der Waals surface area (Å²) in [5, 5.41) is 23.8. The van der Waals surface area contributed by atoms with Crippen LogP contribution in [-0.4, -0.2) is 48.9 Å². The van der Waals surface area contributed by atoms with E-state index >= 15 is 0 Å². The highest BCUT2D eigenvalue weighted by atomic mass is 16.5. The molecule has 1 fully saturated rings. The van der Waals surface area contributed by atoms with Crippen LogP contribution in [-0.2, 0) is 32.3 Å². The van der Waals surface area contributed by atoms with Gasteiger partial charge in [0.2, 0.25) is 0 Å². The van der Waals surface area contributed by atoms with Crippen molar-refractivity contribution in [2.24, 2.45) is 5.92 Å². The Morgan fingerprint density at radius 1 is 0.959 bits per heavy atom. The van der Waals surface area contributed by atoms with Gasteiger partial charge in [0.1, 0.15) is 18.8 Å². The van der Waals surface area contributed by atoms with Gasteiger partial charge < -0.3 is 35.5 Å². The van der Waals surface area contributed by atoms with E-state index in [2.05, 4.69) is 59.0 Å². The van der Waals surface area contributed by atoms with Crippen LogP contribution in [0.5, 0.6) is 0 Å². The minimum absolute atomic E-state index is 0.0151. The maximum absolute atomic E-state index is 13.3. The molecule has 1 heterocycles. The van der Waals surface area contributed by atoms with Crippen molar-refractivity contribution >= 4 is 28.8 Å². The van der Waals surface area contributed by atoms with Crippen LogP contribution < -0.4 is 15.5 Å². The highest BCUT2D eigenvalue weighted by molar-refractivity contribution is 6.04. The van der Waals surface area contributed by atoms with Crippen molar-refractivity contribution in [3.8, 4) is 11.1 Å². The standard InChI is InChI=1S/C40H48N4O5/c1-6-48-37(46)24-42-40(47)38(39(29(5)41)49-26-31-10-8-7-9-11-31)43-28(4)22-30-18-20-44(21-19-30)35-16-14-32(15-17-35)33-12-13-34(25-45)36(23-33)27(2)3/h7-17,23,30,41,43,45H,2,4,6,18-22,24-26H2,1,3,5H3,(H,42,47). The van der Waals surface area contributed by atoms with Crippen LogP contribution in [0, 0.1) is 11.3 Å². The molecule has 4 rings (SSSR count). The first-order chi connectivity index (χ1) is 23.6. The predicted molar refractivity (Wildman–Crippen MR) is 196 cm³/mol. The van der Waals surface area contributed by atoms with E-state index in [1.54, 1.807) is 13.8 Å². The third-order valence-corrected chi connectivity index (χ3v) is 8.48. The Kier molecular flexibility index (Phi) is 13.4. The Hall–Kier alpha value is -5.15. The molecular formula is C40H48N4O5. The van der Waals surface area contributed by atoms with Gasteiger partial charge in [-0.2, -0.15) is 0 Å². The number of aliphatic hydroxyl groups is 1. The fourth-order valence-corrected chi connectivity index (χ4v) is 5.89. The normalized spacial score (nSPS) is 13.6. The van der Waals surface area contributed by atoms with E-state index in [0.717, 1.165) is 65.0 Å².